The molecule has 0 heterocycles. The summed E-state index contributed by atoms with van der Waals surface area (Å²) in [4.78, 5) is 28.9. The summed E-state index contributed by atoms with van der Waals surface area (Å²) in [6, 6.07) is 15.3. The average molecular weight is 520 g/mol. The van der Waals surface area contributed by atoms with Gasteiger partial charge in [-0.1, -0.05) is 43.8 Å². The van der Waals surface area contributed by atoms with E-state index < -0.39 is 5.97 Å². The number of rotatable bonds is 10. The van der Waals surface area contributed by atoms with E-state index in [2.05, 4.69) is 13.5 Å². The number of anilines is 1. The molecule has 0 N–H and O–H groups in total. The maximum Gasteiger partial charge on any atom is 0.340 e. The van der Waals surface area contributed by atoms with Gasteiger partial charge in [0.2, 0.25) is 5.91 Å². The van der Waals surface area contributed by atoms with Crippen molar-refractivity contribution in [3.8, 4) is 5.75 Å². The number of carbonyl (C=O) groups excluding carboxylic acids is 2. The SMILES string of the molecule is C=COC1CCC(CN(C(=O)C2CCC(C)CC2)c2ccc(OCc3ccccc3)cc2C(=O)OC)CC1. The monoisotopic (exact) mass is 519 g/mol. The molecule has 2 aliphatic carbocycles. The van der Waals surface area contributed by atoms with Gasteiger partial charge in [0.25, 0.3) is 0 Å². The number of benzene rings is 2. The Morgan fingerprint density at radius 3 is 2.34 bits per heavy atom. The molecule has 0 spiro atoms. The van der Waals surface area contributed by atoms with Gasteiger partial charge in [-0.05, 0) is 87.0 Å². The van der Waals surface area contributed by atoms with Crippen molar-refractivity contribution >= 4 is 17.6 Å². The standard InChI is InChI=1S/C32H41NO5/c1-4-37-27-16-12-24(13-17-27)21-33(31(34)26-14-10-23(2)11-15-26)30-19-18-28(20-29(30)32(35)36-3)38-22-25-8-6-5-7-9-25/h4-9,18-20,23-24,26-27H,1,10-17,21-22H2,2-3H3. The Morgan fingerprint density at radius 2 is 1.68 bits per heavy atom. The summed E-state index contributed by atoms with van der Waals surface area (Å²) in [5, 5.41) is 0. The van der Waals surface area contributed by atoms with Gasteiger partial charge >= 0.3 is 5.97 Å². The minimum absolute atomic E-state index is 0.0221. The van der Waals surface area contributed by atoms with Crippen LogP contribution in [0.1, 0.15) is 74.2 Å². The van der Waals surface area contributed by atoms with Crippen LogP contribution in [-0.2, 0) is 20.9 Å². The highest BCUT2D eigenvalue weighted by Gasteiger charge is 2.33. The number of nitrogens with zero attached hydrogens (tertiary/aromatic N) is 1. The van der Waals surface area contributed by atoms with Crippen LogP contribution in [0.3, 0.4) is 0 Å². The van der Waals surface area contributed by atoms with Crippen LogP contribution in [0.5, 0.6) is 5.75 Å². The minimum atomic E-state index is -0.469. The summed E-state index contributed by atoms with van der Waals surface area (Å²) >= 11 is 0. The summed E-state index contributed by atoms with van der Waals surface area (Å²) in [6.45, 7) is 6.91. The lowest BCUT2D eigenvalue weighted by molar-refractivity contribution is -0.123. The highest BCUT2D eigenvalue weighted by Crippen LogP contribution is 2.36. The molecule has 204 valence electrons. The predicted octanol–water partition coefficient (Wildman–Crippen LogP) is 6.93. The van der Waals surface area contributed by atoms with E-state index >= 15 is 0 Å². The normalized spacial score (nSPS) is 23.2. The maximum absolute atomic E-state index is 14.0. The van der Waals surface area contributed by atoms with Gasteiger partial charge in [0.05, 0.1) is 30.7 Å². The molecule has 0 bridgehead atoms. The maximum atomic E-state index is 14.0. The van der Waals surface area contributed by atoms with E-state index in [1.165, 1.54) is 13.4 Å². The van der Waals surface area contributed by atoms with Crippen molar-refractivity contribution in [2.24, 2.45) is 17.8 Å². The summed E-state index contributed by atoms with van der Waals surface area (Å²) < 4.78 is 16.8. The largest absolute Gasteiger partial charge is 0.499 e. The average Bonchev–Trinajstić information content (AvgIpc) is 2.96. The molecular weight excluding hydrogens is 478 g/mol. The lowest BCUT2D eigenvalue weighted by Gasteiger charge is -2.36. The highest BCUT2D eigenvalue weighted by molar-refractivity contribution is 6.03. The highest BCUT2D eigenvalue weighted by atomic mass is 16.5. The molecule has 1 amide bonds. The van der Waals surface area contributed by atoms with Crippen LogP contribution in [0.25, 0.3) is 0 Å². The third-order valence-electron chi connectivity index (χ3n) is 8.07. The Bertz CT molecular complexity index is 1070. The van der Waals surface area contributed by atoms with E-state index in [0.717, 1.165) is 56.9 Å². The van der Waals surface area contributed by atoms with Gasteiger partial charge < -0.3 is 19.1 Å². The number of esters is 1. The molecule has 38 heavy (non-hydrogen) atoms. The van der Waals surface area contributed by atoms with Crippen LogP contribution < -0.4 is 9.64 Å². The first-order valence-electron chi connectivity index (χ1n) is 13.9. The molecule has 2 saturated carbocycles. The first-order valence-corrected chi connectivity index (χ1v) is 13.9. The predicted molar refractivity (Wildman–Crippen MR) is 149 cm³/mol. The van der Waals surface area contributed by atoms with Crippen molar-refractivity contribution in [2.75, 3.05) is 18.6 Å². The molecule has 0 radical (unpaired) electrons. The molecule has 6 nitrogen and oxygen atoms in total. The second kappa shape index (κ2) is 13.5. The molecule has 2 fully saturated rings. The van der Waals surface area contributed by atoms with Crippen LogP contribution in [0.4, 0.5) is 5.69 Å². The molecule has 0 atom stereocenters. The number of methoxy groups -OCH3 is 1. The van der Waals surface area contributed by atoms with E-state index in [1.807, 2.05) is 47.4 Å². The van der Waals surface area contributed by atoms with Gasteiger partial charge in [-0.3, -0.25) is 4.79 Å². The summed E-state index contributed by atoms with van der Waals surface area (Å²) in [5.74, 6) is 1.18. The number of ether oxygens (including phenoxy) is 3. The Hall–Kier alpha value is -3.28. The van der Waals surface area contributed by atoms with Crippen LogP contribution in [0.2, 0.25) is 0 Å². The zero-order valence-electron chi connectivity index (χ0n) is 22.8. The van der Waals surface area contributed by atoms with Crippen molar-refractivity contribution < 1.29 is 23.8 Å². The first-order chi connectivity index (χ1) is 18.5. The number of hydrogen-bond donors (Lipinski definition) is 0. The quantitative estimate of drug-likeness (QED) is 0.252. The van der Waals surface area contributed by atoms with Gasteiger partial charge in [0.1, 0.15) is 12.4 Å². The third kappa shape index (κ3) is 7.18. The molecule has 2 aromatic rings. The van der Waals surface area contributed by atoms with E-state index in [1.54, 1.807) is 6.07 Å². The number of hydrogen-bond acceptors (Lipinski definition) is 5. The molecule has 2 aromatic carbocycles. The van der Waals surface area contributed by atoms with Crippen molar-refractivity contribution in [1.29, 1.82) is 0 Å². The Morgan fingerprint density at radius 1 is 0.974 bits per heavy atom. The van der Waals surface area contributed by atoms with Gasteiger partial charge in [0.15, 0.2) is 0 Å². The zero-order valence-corrected chi connectivity index (χ0v) is 22.8. The molecular formula is C32H41NO5. The number of amides is 1. The second-order valence-corrected chi connectivity index (χ2v) is 10.8. The molecule has 0 aromatic heterocycles. The summed E-state index contributed by atoms with van der Waals surface area (Å²) in [6.07, 6.45) is 9.44. The fraction of sp³-hybridized carbons (Fsp3) is 0.500. The molecule has 0 aliphatic heterocycles. The first kappa shape index (κ1) is 27.7. The van der Waals surface area contributed by atoms with Gasteiger partial charge in [-0.2, -0.15) is 0 Å². The fourth-order valence-corrected chi connectivity index (χ4v) is 5.73. The van der Waals surface area contributed by atoms with Gasteiger partial charge in [-0.25, -0.2) is 4.79 Å². The van der Waals surface area contributed by atoms with Crippen LogP contribution in [-0.4, -0.2) is 31.6 Å². The van der Waals surface area contributed by atoms with Gasteiger partial charge in [0, 0.05) is 12.5 Å². The Kier molecular flexibility index (Phi) is 9.85. The lowest BCUT2D eigenvalue weighted by atomic mass is 9.81. The summed E-state index contributed by atoms with van der Waals surface area (Å²) in [7, 11) is 1.37. The second-order valence-electron chi connectivity index (χ2n) is 10.8. The Balaban J connectivity index is 1.59. The fourth-order valence-electron chi connectivity index (χ4n) is 5.73. The zero-order chi connectivity index (χ0) is 26.9. The molecule has 2 aliphatic rings. The summed E-state index contributed by atoms with van der Waals surface area (Å²) in [5.41, 5.74) is 2.01. The molecule has 6 heteroatoms. The van der Waals surface area contributed by atoms with Gasteiger partial charge in [-0.15, -0.1) is 0 Å². The van der Waals surface area contributed by atoms with E-state index in [9.17, 15) is 9.59 Å². The molecule has 0 unspecified atom stereocenters. The topological polar surface area (TPSA) is 65.1 Å². The third-order valence-corrected chi connectivity index (χ3v) is 8.07. The van der Waals surface area contributed by atoms with Crippen molar-refractivity contribution in [1.82, 2.24) is 0 Å². The van der Waals surface area contributed by atoms with Crippen LogP contribution in [0.15, 0.2) is 61.4 Å². The van der Waals surface area contributed by atoms with Crippen molar-refractivity contribution in [3.63, 3.8) is 0 Å². The molecule has 0 saturated heterocycles. The van der Waals surface area contributed by atoms with Crippen LogP contribution in [0, 0.1) is 17.8 Å². The lowest BCUT2D eigenvalue weighted by Crippen LogP contribution is -2.42. The smallest absolute Gasteiger partial charge is 0.340 e. The van der Waals surface area contributed by atoms with Crippen molar-refractivity contribution in [2.45, 2.75) is 71.0 Å². The van der Waals surface area contributed by atoms with Crippen LogP contribution >= 0.6 is 0 Å². The van der Waals surface area contributed by atoms with E-state index in [0.29, 0.717) is 42.0 Å². The number of carbonyl (C=O) groups is 2. The Labute approximate surface area is 227 Å². The van der Waals surface area contributed by atoms with Crippen molar-refractivity contribution in [3.05, 3.63) is 72.5 Å². The minimum Gasteiger partial charge on any atom is -0.499 e. The van der Waals surface area contributed by atoms with E-state index in [-0.39, 0.29) is 17.9 Å². The molecule has 4 rings (SSSR count). The van der Waals surface area contributed by atoms with E-state index in [4.69, 9.17) is 14.2 Å².